The van der Waals surface area contributed by atoms with E-state index in [4.69, 9.17) is 14.2 Å². The number of methoxy groups -OCH3 is 1. The van der Waals surface area contributed by atoms with Crippen molar-refractivity contribution in [2.24, 2.45) is 0 Å². The van der Waals surface area contributed by atoms with Crippen LogP contribution in [0.2, 0.25) is 0 Å². The number of amides is 1. The lowest BCUT2D eigenvalue weighted by molar-refractivity contribution is -0.140. The number of benzene rings is 2. The second-order valence-electron chi connectivity index (χ2n) is 7.84. The Kier molecular flexibility index (Phi) is 7.50. The lowest BCUT2D eigenvalue weighted by Crippen LogP contribution is -2.32. The molecule has 0 spiro atoms. The largest absolute Gasteiger partial charge is 0.507 e. The smallest absolute Gasteiger partial charge is 0.308 e. The van der Waals surface area contributed by atoms with Crippen molar-refractivity contribution in [3.05, 3.63) is 65.2 Å². The Balaban J connectivity index is 2.09. The van der Waals surface area contributed by atoms with Crippen molar-refractivity contribution >= 4 is 23.4 Å². The molecule has 1 unspecified atom stereocenters. The molecule has 0 bridgehead atoms. The maximum atomic E-state index is 13.0. The molecule has 1 heterocycles. The number of aliphatic hydroxyl groups excluding tert-OH is 1. The topological polar surface area (TPSA) is 102 Å². The van der Waals surface area contributed by atoms with Crippen molar-refractivity contribution in [2.75, 3.05) is 20.3 Å². The fourth-order valence-electron chi connectivity index (χ4n) is 3.68. The zero-order valence-electron chi connectivity index (χ0n) is 19.0. The van der Waals surface area contributed by atoms with Crippen LogP contribution >= 0.6 is 0 Å². The lowest BCUT2D eigenvalue weighted by atomic mass is 9.95. The Morgan fingerprint density at radius 2 is 1.79 bits per heavy atom. The maximum Gasteiger partial charge on any atom is 0.308 e. The Morgan fingerprint density at radius 1 is 1.09 bits per heavy atom. The monoisotopic (exact) mass is 453 g/mol. The molecule has 1 amide bonds. The highest BCUT2D eigenvalue weighted by molar-refractivity contribution is 6.46. The van der Waals surface area contributed by atoms with E-state index < -0.39 is 23.7 Å². The van der Waals surface area contributed by atoms with Crippen molar-refractivity contribution in [3.8, 4) is 11.5 Å². The lowest BCUT2D eigenvalue weighted by Gasteiger charge is -2.25. The number of rotatable bonds is 8. The standard InChI is InChI=1S/C25H27NO7/c1-15(2)32-20-7-5-6-18(14-20)23(28)21-22(26(12-13-31-4)25(30)24(21)29)17-8-10-19(11-9-17)33-16(3)27/h5-11,14-15,22,28H,12-13H2,1-4H3/b23-21-. The van der Waals surface area contributed by atoms with Crippen LogP contribution in [-0.2, 0) is 19.1 Å². The minimum atomic E-state index is -0.832. The minimum absolute atomic E-state index is 0.0296. The molecule has 0 aliphatic carbocycles. The summed E-state index contributed by atoms with van der Waals surface area (Å²) >= 11 is 0. The average molecular weight is 453 g/mol. The van der Waals surface area contributed by atoms with Gasteiger partial charge in [0.25, 0.3) is 11.7 Å². The zero-order chi connectivity index (χ0) is 24.1. The molecule has 2 aromatic rings. The second-order valence-corrected chi connectivity index (χ2v) is 7.84. The fourth-order valence-corrected chi connectivity index (χ4v) is 3.68. The summed E-state index contributed by atoms with van der Waals surface area (Å²) in [5, 5.41) is 11.1. The predicted octanol–water partition coefficient (Wildman–Crippen LogP) is 3.47. The number of carbonyl (C=O) groups excluding carboxylic acids is 3. The molecule has 8 nitrogen and oxygen atoms in total. The first-order valence-electron chi connectivity index (χ1n) is 10.6. The van der Waals surface area contributed by atoms with Gasteiger partial charge in [0.05, 0.1) is 24.3 Å². The van der Waals surface area contributed by atoms with Gasteiger partial charge in [0.15, 0.2) is 0 Å². The number of Topliss-reactive ketones (excluding diaryl/α,β-unsaturated/α-hetero) is 1. The van der Waals surface area contributed by atoms with E-state index in [0.29, 0.717) is 22.6 Å². The van der Waals surface area contributed by atoms with Crippen LogP contribution in [0, 0.1) is 0 Å². The summed E-state index contributed by atoms with van der Waals surface area (Å²) in [7, 11) is 1.50. The van der Waals surface area contributed by atoms with Gasteiger partial charge in [-0.05, 0) is 43.7 Å². The van der Waals surface area contributed by atoms with E-state index in [1.807, 2.05) is 13.8 Å². The number of hydrogen-bond donors (Lipinski definition) is 1. The third kappa shape index (κ3) is 5.40. The summed E-state index contributed by atoms with van der Waals surface area (Å²) in [5.41, 5.74) is 0.912. The fraction of sp³-hybridized carbons (Fsp3) is 0.320. The van der Waals surface area contributed by atoms with Gasteiger partial charge in [-0.3, -0.25) is 14.4 Å². The van der Waals surface area contributed by atoms with Gasteiger partial charge >= 0.3 is 5.97 Å². The summed E-state index contributed by atoms with van der Waals surface area (Å²) in [6, 6.07) is 12.3. The number of ether oxygens (including phenoxy) is 3. The van der Waals surface area contributed by atoms with Crippen molar-refractivity contribution in [1.82, 2.24) is 4.90 Å². The van der Waals surface area contributed by atoms with Gasteiger partial charge in [0, 0.05) is 26.1 Å². The maximum absolute atomic E-state index is 13.0. The number of aliphatic hydroxyl groups is 1. The number of likely N-dealkylation sites (tertiary alicyclic amines) is 1. The number of nitrogens with zero attached hydrogens (tertiary/aromatic N) is 1. The Hall–Kier alpha value is -3.65. The molecule has 1 aliphatic heterocycles. The zero-order valence-corrected chi connectivity index (χ0v) is 19.0. The highest BCUT2D eigenvalue weighted by Crippen LogP contribution is 2.40. The van der Waals surface area contributed by atoms with Crippen molar-refractivity contribution in [2.45, 2.75) is 32.9 Å². The molecule has 1 saturated heterocycles. The Bertz CT molecular complexity index is 1070. The molecule has 1 fully saturated rings. The van der Waals surface area contributed by atoms with Crippen LogP contribution in [0.25, 0.3) is 5.76 Å². The van der Waals surface area contributed by atoms with E-state index in [1.54, 1.807) is 48.5 Å². The van der Waals surface area contributed by atoms with Crippen LogP contribution in [0.3, 0.4) is 0 Å². The van der Waals surface area contributed by atoms with E-state index in [9.17, 15) is 19.5 Å². The first-order chi connectivity index (χ1) is 15.7. The summed E-state index contributed by atoms with van der Waals surface area (Å²) in [6.07, 6.45) is -0.0715. The molecule has 0 radical (unpaired) electrons. The Morgan fingerprint density at radius 3 is 2.39 bits per heavy atom. The number of esters is 1. The summed E-state index contributed by atoms with van der Waals surface area (Å²) in [5.74, 6) is -1.40. The van der Waals surface area contributed by atoms with Crippen LogP contribution in [0.4, 0.5) is 0 Å². The summed E-state index contributed by atoms with van der Waals surface area (Å²) < 4.78 is 15.9. The van der Waals surface area contributed by atoms with E-state index in [2.05, 4.69) is 0 Å². The molecule has 0 saturated carbocycles. The number of hydrogen-bond acceptors (Lipinski definition) is 7. The third-order valence-corrected chi connectivity index (χ3v) is 5.01. The third-order valence-electron chi connectivity index (χ3n) is 5.01. The van der Waals surface area contributed by atoms with Crippen LogP contribution in [-0.4, -0.2) is 54.0 Å². The Labute approximate surface area is 192 Å². The van der Waals surface area contributed by atoms with Gasteiger partial charge in [-0.1, -0.05) is 24.3 Å². The van der Waals surface area contributed by atoms with Gasteiger partial charge < -0.3 is 24.2 Å². The van der Waals surface area contributed by atoms with Crippen LogP contribution in [0.5, 0.6) is 11.5 Å². The predicted molar refractivity (Wildman–Crippen MR) is 121 cm³/mol. The number of carbonyl (C=O) groups is 3. The molecule has 2 aromatic carbocycles. The molecule has 174 valence electrons. The SMILES string of the molecule is COCCN1C(=O)C(=O)/C(=C(\O)c2cccc(OC(C)C)c2)C1c1ccc(OC(C)=O)cc1. The van der Waals surface area contributed by atoms with E-state index in [0.717, 1.165) is 0 Å². The van der Waals surface area contributed by atoms with Gasteiger partial charge in [0.2, 0.25) is 0 Å². The van der Waals surface area contributed by atoms with E-state index >= 15 is 0 Å². The van der Waals surface area contributed by atoms with Gasteiger partial charge in [0.1, 0.15) is 17.3 Å². The number of ketones is 1. The van der Waals surface area contributed by atoms with Gasteiger partial charge in [-0.15, -0.1) is 0 Å². The first kappa shape index (κ1) is 24.0. The normalized spacial score (nSPS) is 17.5. The molecular formula is C25H27NO7. The first-order valence-corrected chi connectivity index (χ1v) is 10.6. The van der Waals surface area contributed by atoms with E-state index in [1.165, 1.54) is 18.9 Å². The molecule has 1 N–H and O–H groups in total. The summed E-state index contributed by atoms with van der Waals surface area (Å²) in [6.45, 7) is 5.43. The van der Waals surface area contributed by atoms with Crippen LogP contribution in [0.1, 0.15) is 37.9 Å². The van der Waals surface area contributed by atoms with Gasteiger partial charge in [-0.2, -0.15) is 0 Å². The molecule has 0 aromatic heterocycles. The van der Waals surface area contributed by atoms with E-state index in [-0.39, 0.29) is 30.6 Å². The molecule has 8 heteroatoms. The van der Waals surface area contributed by atoms with Crippen molar-refractivity contribution < 1.29 is 33.7 Å². The summed E-state index contributed by atoms with van der Waals surface area (Å²) in [4.78, 5) is 38.4. The quantitative estimate of drug-likeness (QED) is 0.215. The molecule has 1 aliphatic rings. The van der Waals surface area contributed by atoms with Crippen LogP contribution in [0.15, 0.2) is 54.1 Å². The van der Waals surface area contributed by atoms with Crippen molar-refractivity contribution in [3.63, 3.8) is 0 Å². The second kappa shape index (κ2) is 10.3. The molecular weight excluding hydrogens is 426 g/mol. The van der Waals surface area contributed by atoms with Crippen LogP contribution < -0.4 is 9.47 Å². The van der Waals surface area contributed by atoms with Gasteiger partial charge in [-0.25, -0.2) is 0 Å². The highest BCUT2D eigenvalue weighted by Gasteiger charge is 2.45. The molecule has 33 heavy (non-hydrogen) atoms. The average Bonchev–Trinajstić information content (AvgIpc) is 3.02. The highest BCUT2D eigenvalue weighted by atomic mass is 16.5. The molecule has 1 atom stereocenters. The minimum Gasteiger partial charge on any atom is -0.507 e. The van der Waals surface area contributed by atoms with Crippen molar-refractivity contribution in [1.29, 1.82) is 0 Å². The molecule has 3 rings (SSSR count).